The van der Waals surface area contributed by atoms with E-state index in [-0.39, 0.29) is 6.29 Å². The van der Waals surface area contributed by atoms with Gasteiger partial charge in [0.1, 0.15) is 5.75 Å². The van der Waals surface area contributed by atoms with Gasteiger partial charge in [-0.05, 0) is 31.2 Å². The zero-order valence-corrected chi connectivity index (χ0v) is 7.65. The molecule has 1 atom stereocenters. The molecular weight excluding hydrogens is 166 g/mol. The predicted octanol–water partition coefficient (Wildman–Crippen LogP) is 1.93. The van der Waals surface area contributed by atoms with Crippen molar-refractivity contribution in [1.29, 1.82) is 5.26 Å². The Morgan fingerprint density at radius 1 is 1.31 bits per heavy atom. The number of hydrogen-bond donors (Lipinski definition) is 0. The Balaban J connectivity index is 2.65. The molecule has 0 N–H and O–H groups in total. The summed E-state index contributed by atoms with van der Waals surface area (Å²) in [4.78, 5) is 0. The lowest BCUT2D eigenvalue weighted by atomic mass is 10.2. The van der Waals surface area contributed by atoms with Gasteiger partial charge in [-0.3, -0.25) is 0 Å². The second kappa shape index (κ2) is 4.48. The van der Waals surface area contributed by atoms with E-state index in [1.54, 1.807) is 38.3 Å². The molecule has 3 nitrogen and oxygen atoms in total. The van der Waals surface area contributed by atoms with E-state index in [2.05, 4.69) is 0 Å². The van der Waals surface area contributed by atoms with E-state index in [9.17, 15) is 0 Å². The maximum atomic E-state index is 8.54. The van der Waals surface area contributed by atoms with Crippen molar-refractivity contribution in [3.8, 4) is 11.8 Å². The second-order valence-electron chi connectivity index (χ2n) is 2.56. The summed E-state index contributed by atoms with van der Waals surface area (Å²) in [6.07, 6.45) is -0.270. The predicted molar refractivity (Wildman–Crippen MR) is 48.3 cm³/mol. The molecule has 0 saturated heterocycles. The quantitative estimate of drug-likeness (QED) is 0.662. The molecule has 0 bridgehead atoms. The van der Waals surface area contributed by atoms with E-state index >= 15 is 0 Å². The van der Waals surface area contributed by atoms with Gasteiger partial charge in [-0.2, -0.15) is 5.26 Å². The first-order chi connectivity index (χ1) is 6.26. The molecule has 13 heavy (non-hydrogen) atoms. The Kier molecular flexibility index (Phi) is 3.30. The standard InChI is InChI=1S/C10H11NO2/c1-8(12-2)13-10-5-3-9(7-11)4-6-10/h3-6,8H,1-2H3. The molecule has 0 saturated carbocycles. The van der Waals surface area contributed by atoms with Crippen molar-refractivity contribution in [2.24, 2.45) is 0 Å². The van der Waals surface area contributed by atoms with Crippen molar-refractivity contribution in [2.75, 3.05) is 7.11 Å². The molecule has 0 fully saturated rings. The summed E-state index contributed by atoms with van der Waals surface area (Å²) in [5.41, 5.74) is 0.623. The summed E-state index contributed by atoms with van der Waals surface area (Å²) in [7, 11) is 1.58. The Morgan fingerprint density at radius 2 is 1.92 bits per heavy atom. The van der Waals surface area contributed by atoms with E-state index in [1.165, 1.54) is 0 Å². The molecular formula is C10H11NO2. The van der Waals surface area contributed by atoms with E-state index in [1.807, 2.05) is 6.07 Å². The maximum Gasteiger partial charge on any atom is 0.196 e. The van der Waals surface area contributed by atoms with Gasteiger partial charge in [0.15, 0.2) is 6.29 Å². The third-order valence-corrected chi connectivity index (χ3v) is 1.62. The Labute approximate surface area is 77.5 Å². The molecule has 1 unspecified atom stereocenters. The molecule has 0 aromatic heterocycles. The van der Waals surface area contributed by atoms with Crippen LogP contribution in [0, 0.1) is 11.3 Å². The van der Waals surface area contributed by atoms with Gasteiger partial charge in [-0.1, -0.05) is 0 Å². The van der Waals surface area contributed by atoms with E-state index < -0.39 is 0 Å². The lowest BCUT2D eigenvalue weighted by molar-refractivity contribution is -0.0382. The fourth-order valence-electron chi connectivity index (χ4n) is 0.848. The highest BCUT2D eigenvalue weighted by Crippen LogP contribution is 2.13. The summed E-state index contributed by atoms with van der Waals surface area (Å²) >= 11 is 0. The molecule has 0 radical (unpaired) electrons. The molecule has 0 aliphatic carbocycles. The van der Waals surface area contributed by atoms with Gasteiger partial charge >= 0.3 is 0 Å². The topological polar surface area (TPSA) is 42.2 Å². The third kappa shape index (κ3) is 2.77. The van der Waals surface area contributed by atoms with Gasteiger partial charge in [0.05, 0.1) is 11.6 Å². The summed E-state index contributed by atoms with van der Waals surface area (Å²) < 4.78 is 10.3. The zero-order valence-electron chi connectivity index (χ0n) is 7.65. The van der Waals surface area contributed by atoms with Gasteiger partial charge in [0.25, 0.3) is 0 Å². The van der Waals surface area contributed by atoms with Crippen LogP contribution in [0.2, 0.25) is 0 Å². The van der Waals surface area contributed by atoms with Crippen LogP contribution in [0.4, 0.5) is 0 Å². The number of methoxy groups -OCH3 is 1. The van der Waals surface area contributed by atoms with Crippen molar-refractivity contribution < 1.29 is 9.47 Å². The van der Waals surface area contributed by atoms with Crippen LogP contribution in [0.25, 0.3) is 0 Å². The highest BCUT2D eigenvalue weighted by Gasteiger charge is 2.00. The van der Waals surface area contributed by atoms with Crippen LogP contribution in [0.5, 0.6) is 5.75 Å². The van der Waals surface area contributed by atoms with Crippen LogP contribution >= 0.6 is 0 Å². The number of nitriles is 1. The van der Waals surface area contributed by atoms with E-state index in [4.69, 9.17) is 14.7 Å². The normalized spacial score (nSPS) is 11.8. The van der Waals surface area contributed by atoms with Crippen molar-refractivity contribution in [3.63, 3.8) is 0 Å². The fourth-order valence-corrected chi connectivity index (χ4v) is 0.848. The van der Waals surface area contributed by atoms with Crippen LogP contribution in [0.3, 0.4) is 0 Å². The summed E-state index contributed by atoms with van der Waals surface area (Å²) in [5.74, 6) is 0.702. The molecule has 0 aliphatic heterocycles. The van der Waals surface area contributed by atoms with Gasteiger partial charge in [0.2, 0.25) is 0 Å². The van der Waals surface area contributed by atoms with E-state index in [0.29, 0.717) is 11.3 Å². The van der Waals surface area contributed by atoms with E-state index in [0.717, 1.165) is 0 Å². The minimum Gasteiger partial charge on any atom is -0.465 e. The molecule has 1 rings (SSSR count). The van der Waals surface area contributed by atoms with Crippen LogP contribution in [0.15, 0.2) is 24.3 Å². The molecule has 3 heteroatoms. The second-order valence-corrected chi connectivity index (χ2v) is 2.56. The number of nitrogens with zero attached hydrogens (tertiary/aromatic N) is 1. The maximum absolute atomic E-state index is 8.54. The highest BCUT2D eigenvalue weighted by molar-refractivity contribution is 5.34. The minimum absolute atomic E-state index is 0.270. The average molecular weight is 177 g/mol. The Morgan fingerprint density at radius 3 is 2.38 bits per heavy atom. The lowest BCUT2D eigenvalue weighted by Crippen LogP contribution is -2.13. The molecule has 0 spiro atoms. The monoisotopic (exact) mass is 177 g/mol. The average Bonchev–Trinajstić information content (AvgIpc) is 2.19. The minimum atomic E-state index is -0.270. The number of hydrogen-bond acceptors (Lipinski definition) is 3. The van der Waals surface area contributed by atoms with Crippen molar-refractivity contribution in [2.45, 2.75) is 13.2 Å². The molecule has 0 amide bonds. The highest BCUT2D eigenvalue weighted by atomic mass is 16.7. The molecule has 68 valence electrons. The van der Waals surface area contributed by atoms with Crippen molar-refractivity contribution >= 4 is 0 Å². The molecule has 0 heterocycles. The zero-order chi connectivity index (χ0) is 9.68. The van der Waals surface area contributed by atoms with Gasteiger partial charge in [-0.15, -0.1) is 0 Å². The first-order valence-corrected chi connectivity index (χ1v) is 3.96. The van der Waals surface area contributed by atoms with Crippen molar-refractivity contribution in [3.05, 3.63) is 29.8 Å². The lowest BCUT2D eigenvalue weighted by Gasteiger charge is -2.11. The summed E-state index contributed by atoms with van der Waals surface area (Å²) in [5, 5.41) is 8.54. The van der Waals surface area contributed by atoms with Crippen LogP contribution < -0.4 is 4.74 Å². The summed E-state index contributed by atoms with van der Waals surface area (Å²) in [6.45, 7) is 1.80. The first-order valence-electron chi connectivity index (χ1n) is 3.96. The number of rotatable bonds is 3. The van der Waals surface area contributed by atoms with Crippen LogP contribution in [-0.4, -0.2) is 13.4 Å². The van der Waals surface area contributed by atoms with Gasteiger partial charge in [0, 0.05) is 7.11 Å². The Bertz CT molecular complexity index is 300. The number of ether oxygens (including phenoxy) is 2. The third-order valence-electron chi connectivity index (χ3n) is 1.62. The fraction of sp³-hybridized carbons (Fsp3) is 0.300. The number of benzene rings is 1. The Hall–Kier alpha value is -1.53. The van der Waals surface area contributed by atoms with Crippen LogP contribution in [-0.2, 0) is 4.74 Å². The SMILES string of the molecule is COC(C)Oc1ccc(C#N)cc1. The first kappa shape index (κ1) is 9.56. The molecule has 0 aliphatic rings. The van der Waals surface area contributed by atoms with Gasteiger partial charge < -0.3 is 9.47 Å². The smallest absolute Gasteiger partial charge is 0.196 e. The summed E-state index contributed by atoms with van der Waals surface area (Å²) in [6, 6.07) is 8.94. The van der Waals surface area contributed by atoms with Crippen LogP contribution in [0.1, 0.15) is 12.5 Å². The molecule has 1 aromatic rings. The van der Waals surface area contributed by atoms with Gasteiger partial charge in [-0.25, -0.2) is 0 Å². The molecule has 1 aromatic carbocycles. The van der Waals surface area contributed by atoms with Crippen molar-refractivity contribution in [1.82, 2.24) is 0 Å². The largest absolute Gasteiger partial charge is 0.465 e.